The zero-order valence-electron chi connectivity index (χ0n) is 11.5. The molecule has 0 aliphatic carbocycles. The number of rotatable bonds is 2. The first-order valence-corrected chi connectivity index (χ1v) is 6.77. The van der Waals surface area contributed by atoms with Crippen LogP contribution in [0.15, 0.2) is 0 Å². The molecule has 2 aliphatic rings. The first kappa shape index (κ1) is 13.3. The van der Waals surface area contributed by atoms with Gasteiger partial charge in [0.25, 0.3) is 0 Å². The Hall–Kier alpha value is -1.10. The van der Waals surface area contributed by atoms with E-state index >= 15 is 0 Å². The molecule has 0 aromatic rings. The molecule has 0 radical (unpaired) electrons. The molecule has 1 N–H and O–H groups in total. The molecule has 2 heterocycles. The number of piperidine rings is 1. The van der Waals surface area contributed by atoms with Crippen molar-refractivity contribution in [3.63, 3.8) is 0 Å². The van der Waals surface area contributed by atoms with E-state index in [1.165, 1.54) is 0 Å². The van der Waals surface area contributed by atoms with E-state index in [-0.39, 0.29) is 36.4 Å². The number of carbonyl (C=O) groups is 2. The Balaban J connectivity index is 2.10. The number of nitrogens with zero attached hydrogens (tertiary/aromatic N) is 2. The molecule has 5 heteroatoms. The Morgan fingerprint density at radius 3 is 2.67 bits per heavy atom. The summed E-state index contributed by atoms with van der Waals surface area (Å²) in [6, 6.07) is -0.151. The molecule has 18 heavy (non-hydrogen) atoms. The molecule has 2 amide bonds. The summed E-state index contributed by atoms with van der Waals surface area (Å²) >= 11 is 0. The summed E-state index contributed by atoms with van der Waals surface area (Å²) in [5, 5.41) is 2.80. The molecule has 0 aromatic carbocycles. The lowest BCUT2D eigenvalue weighted by molar-refractivity contribution is -0.149. The van der Waals surface area contributed by atoms with Crippen molar-refractivity contribution in [2.45, 2.75) is 38.8 Å². The van der Waals surface area contributed by atoms with Crippen LogP contribution in [0.2, 0.25) is 0 Å². The molecule has 2 saturated heterocycles. The van der Waals surface area contributed by atoms with Gasteiger partial charge in [0.1, 0.15) is 6.04 Å². The van der Waals surface area contributed by atoms with Crippen LogP contribution in [0.1, 0.15) is 26.7 Å². The van der Waals surface area contributed by atoms with E-state index in [1.54, 1.807) is 4.90 Å². The average molecular weight is 253 g/mol. The summed E-state index contributed by atoms with van der Waals surface area (Å²) in [7, 11) is 2.07. The number of amides is 2. The molecular weight excluding hydrogens is 230 g/mol. The Morgan fingerprint density at radius 2 is 2.06 bits per heavy atom. The second kappa shape index (κ2) is 5.26. The van der Waals surface area contributed by atoms with Gasteiger partial charge in [0, 0.05) is 12.6 Å². The van der Waals surface area contributed by atoms with Gasteiger partial charge in [-0.3, -0.25) is 9.59 Å². The Kier molecular flexibility index (Phi) is 3.90. The lowest BCUT2D eigenvalue weighted by Gasteiger charge is -2.42. The van der Waals surface area contributed by atoms with Crippen molar-refractivity contribution < 1.29 is 9.59 Å². The molecule has 2 aliphatic heterocycles. The number of hydrogen-bond acceptors (Lipinski definition) is 3. The monoisotopic (exact) mass is 253 g/mol. The quantitative estimate of drug-likeness (QED) is 0.757. The fraction of sp³-hybridized carbons (Fsp3) is 0.846. The van der Waals surface area contributed by atoms with Crippen LogP contribution in [0.5, 0.6) is 0 Å². The van der Waals surface area contributed by atoms with Crippen molar-refractivity contribution in [1.82, 2.24) is 15.1 Å². The van der Waals surface area contributed by atoms with Crippen molar-refractivity contribution in [2.75, 3.05) is 26.7 Å². The third-order valence-electron chi connectivity index (χ3n) is 3.89. The van der Waals surface area contributed by atoms with E-state index in [1.807, 2.05) is 13.8 Å². The Labute approximate surface area is 108 Å². The van der Waals surface area contributed by atoms with Gasteiger partial charge in [-0.2, -0.15) is 0 Å². The van der Waals surface area contributed by atoms with Gasteiger partial charge in [-0.05, 0) is 32.4 Å². The van der Waals surface area contributed by atoms with Gasteiger partial charge < -0.3 is 15.1 Å². The molecule has 2 unspecified atom stereocenters. The predicted octanol–water partition coefficient (Wildman–Crippen LogP) is 0.0636. The highest BCUT2D eigenvalue weighted by molar-refractivity contribution is 5.95. The molecule has 0 saturated carbocycles. The molecule has 5 nitrogen and oxygen atoms in total. The summed E-state index contributed by atoms with van der Waals surface area (Å²) in [6.45, 7) is 6.13. The van der Waals surface area contributed by atoms with Gasteiger partial charge in [0.2, 0.25) is 11.8 Å². The van der Waals surface area contributed by atoms with Gasteiger partial charge in [0.15, 0.2) is 0 Å². The molecule has 2 fully saturated rings. The smallest absolute Gasteiger partial charge is 0.246 e. The second-order valence-electron chi connectivity index (χ2n) is 5.81. The summed E-state index contributed by atoms with van der Waals surface area (Å²) < 4.78 is 0. The van der Waals surface area contributed by atoms with Gasteiger partial charge in [-0.25, -0.2) is 0 Å². The summed E-state index contributed by atoms with van der Waals surface area (Å²) in [4.78, 5) is 28.2. The van der Waals surface area contributed by atoms with E-state index in [0.29, 0.717) is 0 Å². The summed E-state index contributed by atoms with van der Waals surface area (Å²) in [5.74, 6) is 0.206. The molecule has 0 bridgehead atoms. The van der Waals surface area contributed by atoms with Gasteiger partial charge in [-0.1, -0.05) is 13.8 Å². The fourth-order valence-corrected chi connectivity index (χ4v) is 2.85. The molecule has 0 aromatic heterocycles. The van der Waals surface area contributed by atoms with Gasteiger partial charge >= 0.3 is 0 Å². The van der Waals surface area contributed by atoms with Crippen molar-refractivity contribution >= 4 is 11.8 Å². The van der Waals surface area contributed by atoms with Crippen LogP contribution >= 0.6 is 0 Å². The van der Waals surface area contributed by atoms with Crippen LogP contribution in [-0.2, 0) is 9.59 Å². The number of nitrogens with one attached hydrogen (secondary N) is 1. The van der Waals surface area contributed by atoms with E-state index in [2.05, 4.69) is 17.3 Å². The fourth-order valence-electron chi connectivity index (χ4n) is 2.85. The van der Waals surface area contributed by atoms with Crippen LogP contribution < -0.4 is 5.32 Å². The Bertz CT molecular complexity index is 343. The van der Waals surface area contributed by atoms with E-state index in [9.17, 15) is 9.59 Å². The van der Waals surface area contributed by atoms with Crippen molar-refractivity contribution in [3.05, 3.63) is 0 Å². The summed E-state index contributed by atoms with van der Waals surface area (Å²) in [6.07, 6.45) is 2.10. The van der Waals surface area contributed by atoms with Crippen molar-refractivity contribution in [3.8, 4) is 0 Å². The number of carbonyl (C=O) groups excluding carboxylic acids is 2. The minimum absolute atomic E-state index is 0.0264. The number of piperazine rings is 1. The minimum Gasteiger partial charge on any atom is -0.343 e. The van der Waals surface area contributed by atoms with Crippen molar-refractivity contribution in [1.29, 1.82) is 0 Å². The molecular formula is C13H23N3O2. The third kappa shape index (κ3) is 2.66. The first-order valence-electron chi connectivity index (χ1n) is 6.77. The van der Waals surface area contributed by atoms with Crippen LogP contribution in [0.25, 0.3) is 0 Å². The molecule has 2 atom stereocenters. The predicted molar refractivity (Wildman–Crippen MR) is 69.0 cm³/mol. The maximum Gasteiger partial charge on any atom is 0.246 e. The van der Waals surface area contributed by atoms with Crippen molar-refractivity contribution in [2.24, 2.45) is 5.92 Å². The zero-order valence-corrected chi connectivity index (χ0v) is 11.5. The molecule has 0 spiro atoms. The van der Waals surface area contributed by atoms with E-state index in [0.717, 1.165) is 25.9 Å². The normalized spacial score (nSPS) is 30.8. The molecule has 102 valence electrons. The highest BCUT2D eigenvalue weighted by Gasteiger charge is 2.38. The average Bonchev–Trinajstić information content (AvgIpc) is 2.31. The maximum absolute atomic E-state index is 12.4. The number of likely N-dealkylation sites (tertiary alicyclic amines) is 1. The SMILES string of the molecule is CC(C)C1NC(=O)CN(C2CCCN(C)C2)C1=O. The second-order valence-corrected chi connectivity index (χ2v) is 5.81. The first-order chi connectivity index (χ1) is 8.49. The highest BCUT2D eigenvalue weighted by Crippen LogP contribution is 2.19. The van der Waals surface area contributed by atoms with Crippen LogP contribution in [0.4, 0.5) is 0 Å². The number of likely N-dealkylation sites (N-methyl/N-ethyl adjacent to an activating group) is 1. The standard InChI is InChI=1S/C13H23N3O2/c1-9(2)12-13(18)16(8-11(17)14-12)10-5-4-6-15(3)7-10/h9-10,12H,4-8H2,1-3H3,(H,14,17). The van der Waals surface area contributed by atoms with Crippen LogP contribution in [-0.4, -0.2) is 60.4 Å². The summed E-state index contributed by atoms with van der Waals surface area (Å²) in [5.41, 5.74) is 0. The Morgan fingerprint density at radius 1 is 1.33 bits per heavy atom. The number of hydrogen-bond donors (Lipinski definition) is 1. The third-order valence-corrected chi connectivity index (χ3v) is 3.89. The lowest BCUT2D eigenvalue weighted by Crippen LogP contribution is -2.64. The lowest BCUT2D eigenvalue weighted by atomic mass is 9.97. The topological polar surface area (TPSA) is 52.7 Å². The van der Waals surface area contributed by atoms with Crippen LogP contribution in [0, 0.1) is 5.92 Å². The highest BCUT2D eigenvalue weighted by atomic mass is 16.2. The zero-order chi connectivity index (χ0) is 13.3. The van der Waals surface area contributed by atoms with E-state index < -0.39 is 0 Å². The van der Waals surface area contributed by atoms with Gasteiger partial charge in [0.05, 0.1) is 6.54 Å². The van der Waals surface area contributed by atoms with E-state index in [4.69, 9.17) is 0 Å². The minimum atomic E-state index is -0.349. The van der Waals surface area contributed by atoms with Crippen LogP contribution in [0.3, 0.4) is 0 Å². The maximum atomic E-state index is 12.4. The molecule has 2 rings (SSSR count). The largest absolute Gasteiger partial charge is 0.343 e. The van der Waals surface area contributed by atoms with Gasteiger partial charge in [-0.15, -0.1) is 0 Å².